The number of halogens is 1. The van der Waals surface area contributed by atoms with Crippen molar-refractivity contribution in [3.63, 3.8) is 0 Å². The molecule has 0 saturated carbocycles. The molecule has 3 nitrogen and oxygen atoms in total. The lowest BCUT2D eigenvalue weighted by Crippen LogP contribution is -2.37. The number of hydrogen-bond donors (Lipinski definition) is 1. The van der Waals surface area contributed by atoms with Crippen LogP contribution in [-0.2, 0) is 23.9 Å². The lowest BCUT2D eigenvalue weighted by molar-refractivity contribution is 0.291. The predicted octanol–water partition coefficient (Wildman–Crippen LogP) is 1.47. The minimum atomic E-state index is -0.599. The average molecular weight is 317 g/mol. The summed E-state index contributed by atoms with van der Waals surface area (Å²) in [4.78, 5) is 2.35. The second kappa shape index (κ2) is 6.09. The lowest BCUT2D eigenvalue weighted by atomic mass is 10.1. The molecule has 0 unspecified atom stereocenters. The topological polar surface area (TPSA) is 46.3 Å². The Balaban J connectivity index is 2.01. The van der Waals surface area contributed by atoms with Crippen molar-refractivity contribution in [1.82, 2.24) is 4.90 Å². The Bertz CT molecular complexity index is 415. The first-order valence-electron chi connectivity index (χ1n) is 5.74. The van der Waals surface area contributed by atoms with Gasteiger partial charge < -0.3 is 5.73 Å². The Kier molecular flexibility index (Phi) is 4.73. The third-order valence-electron chi connectivity index (χ3n) is 3.02. The molecule has 5 heteroatoms. The van der Waals surface area contributed by atoms with Crippen molar-refractivity contribution in [2.45, 2.75) is 13.1 Å². The molecule has 2 rings (SSSR count). The van der Waals surface area contributed by atoms with Crippen LogP contribution in [0.1, 0.15) is 11.1 Å². The lowest BCUT2D eigenvalue weighted by Gasteiger charge is -2.26. The van der Waals surface area contributed by atoms with E-state index in [0.29, 0.717) is 6.54 Å². The molecule has 0 amide bonds. The van der Waals surface area contributed by atoms with Gasteiger partial charge in [0.1, 0.15) is 0 Å². The van der Waals surface area contributed by atoms with Gasteiger partial charge in [-0.15, -0.1) is 0 Å². The largest absolute Gasteiger partial charge is 0.326 e. The van der Waals surface area contributed by atoms with Crippen LogP contribution in [0.3, 0.4) is 0 Å². The van der Waals surface area contributed by atoms with E-state index in [1.165, 1.54) is 5.56 Å². The van der Waals surface area contributed by atoms with Gasteiger partial charge in [-0.25, -0.2) is 0 Å². The molecule has 94 valence electrons. The zero-order chi connectivity index (χ0) is 12.3. The van der Waals surface area contributed by atoms with Gasteiger partial charge in [0.05, 0.1) is 0 Å². The monoisotopic (exact) mass is 316 g/mol. The second-order valence-corrected chi connectivity index (χ2v) is 6.80. The first kappa shape index (κ1) is 13.2. The van der Waals surface area contributed by atoms with Crippen LogP contribution in [0.2, 0.25) is 0 Å². The SMILES string of the molecule is NCc1ccc(CN2CCS(=O)CC2)c(Br)c1. The molecule has 1 fully saturated rings. The molecule has 0 aromatic heterocycles. The molecule has 2 N–H and O–H groups in total. The van der Waals surface area contributed by atoms with Gasteiger partial charge in [0.15, 0.2) is 0 Å². The molecule has 0 bridgehead atoms. The van der Waals surface area contributed by atoms with Gasteiger partial charge in [-0.1, -0.05) is 28.1 Å². The van der Waals surface area contributed by atoms with Gasteiger partial charge in [0, 0.05) is 53.0 Å². The molecular weight excluding hydrogens is 300 g/mol. The van der Waals surface area contributed by atoms with Crippen molar-refractivity contribution in [3.8, 4) is 0 Å². The number of nitrogens with zero attached hydrogens (tertiary/aromatic N) is 1. The minimum Gasteiger partial charge on any atom is -0.326 e. The number of nitrogens with two attached hydrogens (primary N) is 1. The smallest absolute Gasteiger partial charge is 0.0363 e. The molecule has 1 heterocycles. The summed E-state index contributed by atoms with van der Waals surface area (Å²) in [7, 11) is -0.599. The van der Waals surface area contributed by atoms with Crippen molar-refractivity contribution < 1.29 is 4.21 Å². The van der Waals surface area contributed by atoms with E-state index in [0.717, 1.165) is 41.2 Å². The van der Waals surface area contributed by atoms with Crippen LogP contribution in [-0.4, -0.2) is 33.7 Å². The molecule has 1 aliphatic heterocycles. The number of hydrogen-bond acceptors (Lipinski definition) is 3. The first-order chi connectivity index (χ1) is 8.19. The van der Waals surface area contributed by atoms with Gasteiger partial charge in [0.2, 0.25) is 0 Å². The van der Waals surface area contributed by atoms with Gasteiger partial charge in [-0.2, -0.15) is 0 Å². The Morgan fingerprint density at radius 3 is 2.65 bits per heavy atom. The van der Waals surface area contributed by atoms with Crippen LogP contribution >= 0.6 is 15.9 Å². The highest BCUT2D eigenvalue weighted by Crippen LogP contribution is 2.20. The summed E-state index contributed by atoms with van der Waals surface area (Å²) in [5, 5.41) is 0. The van der Waals surface area contributed by atoms with E-state index in [9.17, 15) is 4.21 Å². The van der Waals surface area contributed by atoms with Crippen LogP contribution in [0.5, 0.6) is 0 Å². The van der Waals surface area contributed by atoms with Crippen LogP contribution in [0.25, 0.3) is 0 Å². The first-order valence-corrected chi connectivity index (χ1v) is 8.02. The molecule has 0 spiro atoms. The van der Waals surface area contributed by atoms with Crippen LogP contribution in [0.15, 0.2) is 22.7 Å². The molecule has 1 saturated heterocycles. The zero-order valence-electron chi connectivity index (χ0n) is 9.69. The summed E-state index contributed by atoms with van der Waals surface area (Å²) in [6, 6.07) is 6.28. The summed E-state index contributed by atoms with van der Waals surface area (Å²) in [5.74, 6) is 1.61. The van der Waals surface area contributed by atoms with E-state index < -0.39 is 10.8 Å². The molecule has 1 aromatic rings. The van der Waals surface area contributed by atoms with Crippen molar-refractivity contribution in [1.29, 1.82) is 0 Å². The third-order valence-corrected chi connectivity index (χ3v) is 5.03. The summed E-state index contributed by atoms with van der Waals surface area (Å²) >= 11 is 3.58. The minimum absolute atomic E-state index is 0.571. The van der Waals surface area contributed by atoms with E-state index in [4.69, 9.17) is 5.73 Å². The van der Waals surface area contributed by atoms with Gasteiger partial charge in [-0.3, -0.25) is 9.11 Å². The standard InChI is InChI=1S/C12H17BrN2OS/c13-12-7-10(8-14)1-2-11(12)9-15-3-5-17(16)6-4-15/h1-2,7H,3-6,8-9,14H2. The summed E-state index contributed by atoms with van der Waals surface area (Å²) in [5.41, 5.74) is 8.02. The molecule has 0 radical (unpaired) electrons. The zero-order valence-corrected chi connectivity index (χ0v) is 12.1. The van der Waals surface area contributed by atoms with Crippen molar-refractivity contribution in [2.75, 3.05) is 24.6 Å². The predicted molar refractivity (Wildman–Crippen MR) is 75.2 cm³/mol. The molecule has 0 aliphatic carbocycles. The van der Waals surface area contributed by atoms with Gasteiger partial charge in [0.25, 0.3) is 0 Å². The molecule has 1 aliphatic rings. The highest BCUT2D eigenvalue weighted by molar-refractivity contribution is 9.10. The number of benzene rings is 1. The maximum absolute atomic E-state index is 11.3. The van der Waals surface area contributed by atoms with Crippen molar-refractivity contribution in [2.24, 2.45) is 5.73 Å². The average Bonchev–Trinajstić information content (AvgIpc) is 2.34. The highest BCUT2D eigenvalue weighted by atomic mass is 79.9. The summed E-state index contributed by atoms with van der Waals surface area (Å²) in [6.07, 6.45) is 0. The summed E-state index contributed by atoms with van der Waals surface area (Å²) < 4.78 is 12.4. The van der Waals surface area contributed by atoms with Crippen molar-refractivity contribution in [3.05, 3.63) is 33.8 Å². The third kappa shape index (κ3) is 3.61. The fourth-order valence-corrected chi connectivity index (χ4v) is 3.60. The molecule has 17 heavy (non-hydrogen) atoms. The number of rotatable bonds is 3. The molecule has 0 atom stereocenters. The van der Waals surface area contributed by atoms with Gasteiger partial charge >= 0.3 is 0 Å². The summed E-state index contributed by atoms with van der Waals surface area (Å²) in [6.45, 7) is 3.35. The van der Waals surface area contributed by atoms with E-state index in [1.807, 2.05) is 0 Å². The van der Waals surface area contributed by atoms with E-state index >= 15 is 0 Å². The maximum Gasteiger partial charge on any atom is 0.0363 e. The van der Waals surface area contributed by atoms with Crippen LogP contribution < -0.4 is 5.73 Å². The van der Waals surface area contributed by atoms with E-state index in [2.05, 4.69) is 39.0 Å². The molecular formula is C12H17BrN2OS. The fraction of sp³-hybridized carbons (Fsp3) is 0.500. The van der Waals surface area contributed by atoms with E-state index in [-0.39, 0.29) is 0 Å². The van der Waals surface area contributed by atoms with Crippen molar-refractivity contribution >= 4 is 26.7 Å². The normalized spacial score (nSPS) is 18.5. The molecule has 1 aromatic carbocycles. The second-order valence-electron chi connectivity index (χ2n) is 4.25. The van der Waals surface area contributed by atoms with Crippen LogP contribution in [0, 0.1) is 0 Å². The quantitative estimate of drug-likeness (QED) is 0.918. The highest BCUT2D eigenvalue weighted by Gasteiger charge is 2.15. The Morgan fingerprint density at radius 2 is 2.06 bits per heavy atom. The Morgan fingerprint density at radius 1 is 1.35 bits per heavy atom. The van der Waals surface area contributed by atoms with Crippen LogP contribution in [0.4, 0.5) is 0 Å². The van der Waals surface area contributed by atoms with E-state index in [1.54, 1.807) is 0 Å². The van der Waals surface area contributed by atoms with Gasteiger partial charge in [-0.05, 0) is 17.2 Å². The maximum atomic E-state index is 11.3. The fourth-order valence-electron chi connectivity index (χ4n) is 1.92. The Hall–Kier alpha value is -0.230. The Labute approximate surface area is 113 Å².